The Morgan fingerprint density at radius 3 is 2.23 bits per heavy atom. The molecule has 0 radical (unpaired) electrons. The number of hydrogen-bond donors (Lipinski definition) is 4. The minimum Gasteiger partial charge on any atom is -0.383 e. The van der Waals surface area contributed by atoms with Crippen LogP contribution in [0.2, 0.25) is 0 Å². The second-order valence-electron chi connectivity index (χ2n) is 7.38. The summed E-state index contributed by atoms with van der Waals surface area (Å²) in [7, 11) is 4.12. The minimum absolute atomic E-state index is 0.0590. The first kappa shape index (κ1) is 21.0. The Morgan fingerprint density at radius 1 is 1.00 bits per heavy atom. The van der Waals surface area contributed by atoms with E-state index in [1.54, 1.807) is 0 Å². The Labute approximate surface area is 169 Å². The van der Waals surface area contributed by atoms with Gasteiger partial charge in [0.1, 0.15) is 0 Å². The van der Waals surface area contributed by atoms with Gasteiger partial charge in [-0.1, -0.05) is 18.2 Å². The Balaban J connectivity index is 2.25. The average molecular weight is 390 g/mol. The minimum atomic E-state index is -0.0590. The van der Waals surface area contributed by atoms with Crippen molar-refractivity contribution in [2.24, 2.45) is 0 Å². The summed E-state index contributed by atoms with van der Waals surface area (Å²) < 4.78 is -0.0590. The van der Waals surface area contributed by atoms with Crippen LogP contribution in [0.3, 0.4) is 0 Å². The van der Waals surface area contributed by atoms with Crippen LogP contribution in [0.5, 0.6) is 0 Å². The molecule has 0 aliphatic carbocycles. The highest BCUT2D eigenvalue weighted by Crippen LogP contribution is 2.27. The zero-order valence-corrected chi connectivity index (χ0v) is 18.0. The second kappa shape index (κ2) is 9.58. The quantitative estimate of drug-likeness (QED) is 0.374. The van der Waals surface area contributed by atoms with Gasteiger partial charge in [-0.05, 0) is 54.8 Å². The molecule has 26 heavy (non-hydrogen) atoms. The molecule has 0 aromatic heterocycles. The van der Waals surface area contributed by atoms with E-state index >= 15 is 0 Å². The van der Waals surface area contributed by atoms with Crippen LogP contribution in [0.1, 0.15) is 19.4 Å². The first-order chi connectivity index (χ1) is 12.3. The van der Waals surface area contributed by atoms with Crippen LogP contribution in [-0.2, 0) is 6.54 Å². The molecule has 0 spiro atoms. The standard InChI is InChI=1S/C21H31N3S2/c1-21(2,26)15-23-20-10-7-17(13-18(20)14-22-11-12-25)16-5-8-19(9-6-16)24(3)4/h5-10,13,22-23,25-26H,11-12,14-15H2,1-4H3. The highest BCUT2D eigenvalue weighted by Gasteiger charge is 2.13. The van der Waals surface area contributed by atoms with E-state index in [1.165, 1.54) is 22.4 Å². The number of thiol groups is 2. The maximum absolute atomic E-state index is 4.62. The smallest absolute Gasteiger partial charge is 0.0386 e. The lowest BCUT2D eigenvalue weighted by Crippen LogP contribution is -2.24. The predicted octanol–water partition coefficient (Wildman–Crippen LogP) is 4.56. The third-order valence-corrected chi connectivity index (χ3v) is 4.52. The van der Waals surface area contributed by atoms with E-state index in [9.17, 15) is 0 Å². The summed E-state index contributed by atoms with van der Waals surface area (Å²) in [4.78, 5) is 2.11. The van der Waals surface area contributed by atoms with Crippen molar-refractivity contribution in [3.63, 3.8) is 0 Å². The van der Waals surface area contributed by atoms with Crippen molar-refractivity contribution in [1.29, 1.82) is 0 Å². The molecule has 2 N–H and O–H groups in total. The molecule has 0 amide bonds. The third-order valence-electron chi connectivity index (χ3n) is 4.14. The molecule has 3 nitrogen and oxygen atoms in total. The molecule has 0 fully saturated rings. The zero-order chi connectivity index (χ0) is 19.2. The number of nitrogens with one attached hydrogen (secondary N) is 2. The van der Waals surface area contributed by atoms with Gasteiger partial charge in [0.05, 0.1) is 0 Å². The van der Waals surface area contributed by atoms with Crippen molar-refractivity contribution in [3.05, 3.63) is 48.0 Å². The lowest BCUT2D eigenvalue weighted by atomic mass is 10.0. The van der Waals surface area contributed by atoms with Crippen molar-refractivity contribution < 1.29 is 0 Å². The van der Waals surface area contributed by atoms with Crippen molar-refractivity contribution in [3.8, 4) is 11.1 Å². The molecule has 0 saturated heterocycles. The van der Waals surface area contributed by atoms with Gasteiger partial charge in [0, 0.05) is 55.6 Å². The van der Waals surface area contributed by atoms with E-state index in [0.717, 1.165) is 31.1 Å². The van der Waals surface area contributed by atoms with Crippen LogP contribution in [-0.4, -0.2) is 37.7 Å². The van der Waals surface area contributed by atoms with Gasteiger partial charge < -0.3 is 15.5 Å². The fourth-order valence-electron chi connectivity index (χ4n) is 2.66. The molecule has 2 aromatic rings. The summed E-state index contributed by atoms with van der Waals surface area (Å²) in [5, 5.41) is 6.99. The van der Waals surface area contributed by atoms with E-state index in [-0.39, 0.29) is 4.75 Å². The lowest BCUT2D eigenvalue weighted by molar-refractivity contribution is 0.728. The highest BCUT2D eigenvalue weighted by molar-refractivity contribution is 7.81. The SMILES string of the molecule is CN(C)c1ccc(-c2ccc(NCC(C)(C)S)c(CNCCS)c2)cc1. The van der Waals surface area contributed by atoms with Crippen molar-refractivity contribution in [2.75, 3.05) is 43.2 Å². The first-order valence-electron chi connectivity index (χ1n) is 8.99. The number of rotatable bonds is 9. The molecule has 0 heterocycles. The molecule has 0 atom stereocenters. The molecule has 142 valence electrons. The molecule has 0 saturated carbocycles. The molecule has 0 unspecified atom stereocenters. The van der Waals surface area contributed by atoms with Crippen molar-refractivity contribution in [1.82, 2.24) is 5.32 Å². The van der Waals surface area contributed by atoms with Gasteiger partial charge in [-0.2, -0.15) is 25.3 Å². The summed E-state index contributed by atoms with van der Waals surface area (Å²) in [5.74, 6) is 0.831. The normalized spacial score (nSPS) is 11.5. The van der Waals surface area contributed by atoms with Crippen LogP contribution in [0.4, 0.5) is 11.4 Å². The van der Waals surface area contributed by atoms with Gasteiger partial charge in [0.2, 0.25) is 0 Å². The maximum atomic E-state index is 4.62. The first-order valence-corrected chi connectivity index (χ1v) is 10.1. The van der Waals surface area contributed by atoms with Crippen LogP contribution in [0.15, 0.2) is 42.5 Å². The van der Waals surface area contributed by atoms with Crippen molar-refractivity contribution >= 4 is 36.6 Å². The van der Waals surface area contributed by atoms with Crippen LogP contribution >= 0.6 is 25.3 Å². The fraction of sp³-hybridized carbons (Fsp3) is 0.429. The van der Waals surface area contributed by atoms with Gasteiger partial charge in [0.25, 0.3) is 0 Å². The molecule has 0 aliphatic heterocycles. The average Bonchev–Trinajstić information content (AvgIpc) is 2.60. The van der Waals surface area contributed by atoms with Gasteiger partial charge >= 0.3 is 0 Å². The van der Waals surface area contributed by atoms with Gasteiger partial charge in [-0.3, -0.25) is 0 Å². The Hall–Kier alpha value is -1.30. The molecule has 0 aliphatic rings. The highest BCUT2D eigenvalue weighted by atomic mass is 32.1. The fourth-order valence-corrected chi connectivity index (χ4v) is 2.89. The largest absolute Gasteiger partial charge is 0.383 e. The molecule has 2 rings (SSSR count). The molecule has 5 heteroatoms. The Kier molecular flexibility index (Phi) is 7.74. The number of hydrogen-bond acceptors (Lipinski definition) is 5. The molecular weight excluding hydrogens is 358 g/mol. The van der Waals surface area contributed by atoms with E-state index < -0.39 is 0 Å². The predicted molar refractivity (Wildman–Crippen MR) is 123 cm³/mol. The van der Waals surface area contributed by atoms with E-state index in [4.69, 9.17) is 0 Å². The third kappa shape index (κ3) is 6.45. The van der Waals surface area contributed by atoms with Gasteiger partial charge in [-0.25, -0.2) is 0 Å². The van der Waals surface area contributed by atoms with E-state index in [2.05, 4.69) is 111 Å². The summed E-state index contributed by atoms with van der Waals surface area (Å²) in [6, 6.07) is 15.3. The maximum Gasteiger partial charge on any atom is 0.0386 e. The van der Waals surface area contributed by atoms with Crippen molar-refractivity contribution in [2.45, 2.75) is 25.1 Å². The number of anilines is 2. The van der Waals surface area contributed by atoms with E-state index in [1.807, 2.05) is 0 Å². The lowest BCUT2D eigenvalue weighted by Gasteiger charge is -2.21. The monoisotopic (exact) mass is 389 g/mol. The molecule has 0 bridgehead atoms. The van der Waals surface area contributed by atoms with Gasteiger partial charge in [-0.15, -0.1) is 0 Å². The summed E-state index contributed by atoms with van der Waals surface area (Å²) in [6.45, 7) is 6.75. The summed E-state index contributed by atoms with van der Waals surface area (Å²) >= 11 is 8.90. The van der Waals surface area contributed by atoms with Crippen LogP contribution in [0.25, 0.3) is 11.1 Å². The van der Waals surface area contributed by atoms with Crippen LogP contribution in [0, 0.1) is 0 Å². The summed E-state index contributed by atoms with van der Waals surface area (Å²) in [6.07, 6.45) is 0. The van der Waals surface area contributed by atoms with Gasteiger partial charge in [0.15, 0.2) is 0 Å². The Morgan fingerprint density at radius 2 is 1.65 bits per heavy atom. The zero-order valence-electron chi connectivity index (χ0n) is 16.2. The van der Waals surface area contributed by atoms with Crippen LogP contribution < -0.4 is 15.5 Å². The van der Waals surface area contributed by atoms with E-state index in [0.29, 0.717) is 0 Å². The number of nitrogens with zero attached hydrogens (tertiary/aromatic N) is 1. The Bertz CT molecular complexity index is 691. The topological polar surface area (TPSA) is 27.3 Å². The molecular formula is C21H31N3S2. The summed E-state index contributed by atoms with van der Waals surface area (Å²) in [5.41, 5.74) is 6.09. The number of benzene rings is 2. The second-order valence-corrected chi connectivity index (χ2v) is 9.04. The molecule has 2 aromatic carbocycles.